The van der Waals surface area contributed by atoms with Gasteiger partial charge in [0.2, 0.25) is 47.3 Å². The van der Waals surface area contributed by atoms with Gasteiger partial charge in [-0.05, 0) is 71.3 Å². The van der Waals surface area contributed by atoms with E-state index in [0.717, 1.165) is 52.9 Å². The van der Waals surface area contributed by atoms with E-state index >= 15 is 0 Å². The molecule has 10 amide bonds. The molecule has 1 aliphatic rings. The molecule has 1 saturated heterocycles. The Morgan fingerprint density at radius 3 is 1.73 bits per heavy atom. The van der Waals surface area contributed by atoms with Crippen molar-refractivity contribution in [3.05, 3.63) is 0 Å². The Hall–Kier alpha value is -6.23. The number of nitrogens with one attached hydrogen (secondary N) is 7. The van der Waals surface area contributed by atoms with Gasteiger partial charge < -0.3 is 68.7 Å². The van der Waals surface area contributed by atoms with Crippen molar-refractivity contribution >= 4 is 65.2 Å². The SMILES string of the molecule is CCCCCCCCCC(=O)NC(CCCN(O)C(C)=O)C1OC(=O)C(CCCN(O)C(C)=O)NC(=O)C(CCCNC(N)=O)NC(=O)C(CCCN)NC(=O)C(CO)NC(=O)C(C(O)C(=O)O)NC(=O)C1C. The summed E-state index contributed by atoms with van der Waals surface area (Å²) in [6, 6.07) is -11.5. The zero-order valence-corrected chi connectivity index (χ0v) is 42.2. The van der Waals surface area contributed by atoms with Crippen LogP contribution in [0.25, 0.3) is 0 Å². The number of carbonyl (C=O) groups is 11. The third kappa shape index (κ3) is 24.8. The smallest absolute Gasteiger partial charge is 0.335 e. The van der Waals surface area contributed by atoms with Crippen LogP contribution in [0, 0.1) is 5.92 Å². The molecule has 0 aromatic heterocycles. The number of unbranched alkanes of at least 4 members (excludes halogenated alkanes) is 6. The number of hydrogen-bond donors (Lipinski definition) is 14. The molecule has 416 valence electrons. The maximum atomic E-state index is 14.6. The highest BCUT2D eigenvalue weighted by atomic mass is 16.5. The molecule has 0 aromatic carbocycles. The van der Waals surface area contributed by atoms with Crippen molar-refractivity contribution in [2.24, 2.45) is 17.4 Å². The Morgan fingerprint density at radius 1 is 0.685 bits per heavy atom. The van der Waals surface area contributed by atoms with Crippen LogP contribution in [0.4, 0.5) is 4.79 Å². The molecule has 28 heteroatoms. The van der Waals surface area contributed by atoms with Crippen LogP contribution in [0.3, 0.4) is 0 Å². The highest BCUT2D eigenvalue weighted by molar-refractivity contribution is 5.98. The summed E-state index contributed by atoms with van der Waals surface area (Å²) in [5.41, 5.74) is 10.9. The van der Waals surface area contributed by atoms with E-state index in [2.05, 4.69) is 44.1 Å². The molecule has 73 heavy (non-hydrogen) atoms. The maximum absolute atomic E-state index is 14.6. The second-order valence-electron chi connectivity index (χ2n) is 17.9. The van der Waals surface area contributed by atoms with Crippen LogP contribution >= 0.6 is 0 Å². The molecule has 16 N–H and O–H groups in total. The Bertz CT molecular complexity index is 1850. The number of aliphatic carboxylic acids is 1. The van der Waals surface area contributed by atoms with E-state index in [0.29, 0.717) is 23.0 Å². The van der Waals surface area contributed by atoms with Gasteiger partial charge in [-0.25, -0.2) is 24.5 Å². The predicted molar refractivity (Wildman–Crippen MR) is 256 cm³/mol. The van der Waals surface area contributed by atoms with Gasteiger partial charge >= 0.3 is 18.0 Å². The fourth-order valence-electron chi connectivity index (χ4n) is 7.57. The number of carbonyl (C=O) groups excluding carboxylic acids is 10. The first kappa shape index (κ1) is 64.8. The zero-order chi connectivity index (χ0) is 55.2. The minimum Gasteiger partial charge on any atom is -0.479 e. The number of carboxylic acid groups (broad SMARTS) is 1. The molecular weight excluding hydrogens is 967 g/mol. The molecule has 0 aromatic rings. The van der Waals surface area contributed by atoms with E-state index < -0.39 is 133 Å². The highest BCUT2D eigenvalue weighted by Crippen LogP contribution is 2.21. The molecule has 1 aliphatic heterocycles. The average Bonchev–Trinajstić information content (AvgIpc) is 3.33. The number of esters is 1. The first-order valence-corrected chi connectivity index (χ1v) is 24.7. The average molecular weight is 1050 g/mol. The molecule has 9 atom stereocenters. The van der Waals surface area contributed by atoms with E-state index in [4.69, 9.17) is 16.2 Å². The normalized spacial score (nSPS) is 22.2. The van der Waals surface area contributed by atoms with Gasteiger partial charge in [0.25, 0.3) is 0 Å². The molecule has 0 bridgehead atoms. The molecule has 1 heterocycles. The summed E-state index contributed by atoms with van der Waals surface area (Å²) >= 11 is 0. The second kappa shape index (κ2) is 35.0. The summed E-state index contributed by atoms with van der Waals surface area (Å²) in [7, 11) is 0. The fourth-order valence-corrected chi connectivity index (χ4v) is 7.57. The lowest BCUT2D eigenvalue weighted by atomic mass is 9.92. The van der Waals surface area contributed by atoms with Crippen LogP contribution in [0.15, 0.2) is 0 Å². The third-order valence-electron chi connectivity index (χ3n) is 11.9. The summed E-state index contributed by atoms with van der Waals surface area (Å²) in [4.78, 5) is 146. The van der Waals surface area contributed by atoms with E-state index in [1.165, 1.54) is 0 Å². The van der Waals surface area contributed by atoms with Crippen LogP contribution < -0.4 is 48.7 Å². The largest absolute Gasteiger partial charge is 0.479 e. The number of rotatable bonds is 28. The number of aliphatic hydroxyl groups is 2. The number of hydrogen-bond acceptors (Lipinski definition) is 17. The zero-order valence-electron chi connectivity index (χ0n) is 42.2. The minimum atomic E-state index is -2.72. The van der Waals surface area contributed by atoms with Crippen molar-refractivity contribution < 1.29 is 83.2 Å². The molecule has 1 rings (SSSR count). The van der Waals surface area contributed by atoms with Crippen molar-refractivity contribution in [1.29, 1.82) is 0 Å². The van der Waals surface area contributed by atoms with Gasteiger partial charge in [-0.2, -0.15) is 0 Å². The van der Waals surface area contributed by atoms with Gasteiger partial charge in [0.1, 0.15) is 36.3 Å². The van der Waals surface area contributed by atoms with Crippen LogP contribution in [0.5, 0.6) is 0 Å². The van der Waals surface area contributed by atoms with Gasteiger partial charge in [-0.3, -0.25) is 48.8 Å². The van der Waals surface area contributed by atoms with E-state index in [1.54, 1.807) is 0 Å². The van der Waals surface area contributed by atoms with Crippen LogP contribution in [-0.4, -0.2) is 182 Å². The lowest BCUT2D eigenvalue weighted by Crippen LogP contribution is -2.62. The number of primary amides is 1. The molecule has 9 unspecified atom stereocenters. The van der Waals surface area contributed by atoms with E-state index in [1.807, 2.05) is 0 Å². The van der Waals surface area contributed by atoms with Crippen molar-refractivity contribution in [3.8, 4) is 0 Å². The molecule has 0 spiro atoms. The molecule has 0 radical (unpaired) electrons. The van der Waals surface area contributed by atoms with Gasteiger partial charge in [0.15, 0.2) is 6.10 Å². The van der Waals surface area contributed by atoms with Crippen molar-refractivity contribution in [2.45, 2.75) is 179 Å². The van der Waals surface area contributed by atoms with Crippen molar-refractivity contribution in [2.75, 3.05) is 32.8 Å². The molecule has 0 aliphatic carbocycles. The molecule has 28 nitrogen and oxygen atoms in total. The summed E-state index contributed by atoms with van der Waals surface area (Å²) in [5.74, 6) is -13.2. The molecule has 0 saturated carbocycles. The molecule has 1 fully saturated rings. The number of urea groups is 1. The number of hydroxylamine groups is 4. The minimum absolute atomic E-state index is 0.00288. The number of carboxylic acids is 1. The summed E-state index contributed by atoms with van der Waals surface area (Å²) in [5, 5.41) is 68.4. The molecular formula is C45H79N11O17. The number of cyclic esters (lactones) is 1. The Kier molecular flexibility index (Phi) is 31.1. The Balaban J connectivity index is 4.16. The van der Waals surface area contributed by atoms with Gasteiger partial charge in [-0.15, -0.1) is 0 Å². The van der Waals surface area contributed by atoms with Crippen molar-refractivity contribution in [1.82, 2.24) is 47.3 Å². The van der Waals surface area contributed by atoms with Gasteiger partial charge in [0.05, 0.1) is 18.6 Å². The Labute approximate surface area is 424 Å². The quantitative estimate of drug-likeness (QED) is 0.0164. The Morgan fingerprint density at radius 2 is 1.19 bits per heavy atom. The van der Waals surface area contributed by atoms with E-state index in [9.17, 15) is 78.5 Å². The summed E-state index contributed by atoms with van der Waals surface area (Å²) < 4.78 is 6.03. The highest BCUT2D eigenvalue weighted by Gasteiger charge is 2.42. The number of ether oxygens (including phenoxy) is 1. The lowest BCUT2D eigenvalue weighted by Gasteiger charge is -2.34. The fraction of sp³-hybridized carbons (Fsp3) is 0.756. The summed E-state index contributed by atoms with van der Waals surface area (Å²) in [6.45, 7) is 3.37. The summed E-state index contributed by atoms with van der Waals surface area (Å²) in [6.07, 6.45) is 0.125. The monoisotopic (exact) mass is 1050 g/mol. The predicted octanol–water partition coefficient (Wildman–Crippen LogP) is -2.74. The third-order valence-corrected chi connectivity index (χ3v) is 11.9. The maximum Gasteiger partial charge on any atom is 0.335 e. The first-order chi connectivity index (χ1) is 34.5. The van der Waals surface area contributed by atoms with Gasteiger partial charge in [0, 0.05) is 39.9 Å². The number of nitrogens with two attached hydrogens (primary N) is 2. The number of nitrogens with zero attached hydrogens (tertiary/aromatic N) is 2. The van der Waals surface area contributed by atoms with E-state index in [-0.39, 0.29) is 77.5 Å². The number of aliphatic hydroxyl groups excluding tert-OH is 2. The van der Waals surface area contributed by atoms with Crippen LogP contribution in [0.2, 0.25) is 0 Å². The van der Waals surface area contributed by atoms with Gasteiger partial charge in [-0.1, -0.05) is 45.4 Å². The first-order valence-electron chi connectivity index (χ1n) is 24.7. The number of amides is 10. The lowest BCUT2D eigenvalue weighted by molar-refractivity contribution is -0.164. The van der Waals surface area contributed by atoms with Crippen molar-refractivity contribution in [3.63, 3.8) is 0 Å². The van der Waals surface area contributed by atoms with Crippen LogP contribution in [-0.2, 0) is 52.7 Å². The topological polar surface area (TPSA) is 441 Å². The second-order valence-corrected chi connectivity index (χ2v) is 17.9. The van der Waals surface area contributed by atoms with Crippen LogP contribution in [0.1, 0.15) is 130 Å². The standard InChI is InChI=1S/C45H79N11O17/c1-5-6-7-8-9-10-11-20-34(60)49-29(18-14-23-55(71)27(3)58)37-26(2)38(62)54-35(36(61)43(67)68)42(66)53-33(25-57)41(65)51-30(16-12-21-46)39(63)50-31(17-13-22-48-45(47)70)40(64)52-32(44(69)73-37)19-15-24-56(72)28(4)59/h26,29-33,35-37,57,61,71-72H,5-25,46H2,1-4H3,(H,49,60)(H,50,63)(H,51,65)(H,52,64)(H,53,66)(H,54,62)(H,67,68)(H3,47,48,70).